The van der Waals surface area contributed by atoms with Crippen molar-refractivity contribution in [2.75, 3.05) is 0 Å². The highest BCUT2D eigenvalue weighted by atomic mass is 16.5. The maximum Gasteiger partial charge on any atom is 0.193 e. The minimum atomic E-state index is -0.0861. The summed E-state index contributed by atoms with van der Waals surface area (Å²) in [4.78, 5) is 23.8. The van der Waals surface area contributed by atoms with Crippen molar-refractivity contribution in [1.82, 2.24) is 0 Å². The van der Waals surface area contributed by atoms with Gasteiger partial charge in [0, 0.05) is 16.7 Å². The third kappa shape index (κ3) is 9.00. The summed E-state index contributed by atoms with van der Waals surface area (Å²) in [6, 6.07) is 21.5. The minimum Gasteiger partial charge on any atom is -0.457 e. The zero-order valence-corrected chi connectivity index (χ0v) is 20.2. The summed E-state index contributed by atoms with van der Waals surface area (Å²) in [7, 11) is 0. The Bertz CT molecular complexity index is 890. The molecular weight excluding hydrogens is 384 g/mol. The van der Waals surface area contributed by atoms with Gasteiger partial charge in [0.1, 0.15) is 11.5 Å². The van der Waals surface area contributed by atoms with Crippen LogP contribution in [0.15, 0.2) is 72.8 Å². The predicted octanol–water partition coefficient (Wildman–Crippen LogP) is 8.30. The third-order valence-electron chi connectivity index (χ3n) is 3.93. The van der Waals surface area contributed by atoms with Crippen molar-refractivity contribution < 1.29 is 14.3 Å². The number of hydrogen-bond donors (Lipinski definition) is 0. The highest BCUT2D eigenvalue weighted by molar-refractivity contribution is 6.09. The van der Waals surface area contributed by atoms with Crippen molar-refractivity contribution in [2.45, 2.75) is 55.4 Å². The molecule has 0 unspecified atom stereocenters. The second kappa shape index (κ2) is 15.6. The van der Waals surface area contributed by atoms with Gasteiger partial charge in [-0.3, -0.25) is 9.59 Å². The zero-order valence-electron chi connectivity index (χ0n) is 20.2. The number of aryl methyl sites for hydroxylation is 1. The van der Waals surface area contributed by atoms with E-state index in [-0.39, 0.29) is 11.6 Å². The molecule has 0 radical (unpaired) electrons. The van der Waals surface area contributed by atoms with Crippen LogP contribution in [0.4, 0.5) is 0 Å². The fourth-order valence-electron chi connectivity index (χ4n) is 2.44. The van der Waals surface area contributed by atoms with Crippen LogP contribution in [0.5, 0.6) is 11.5 Å². The van der Waals surface area contributed by atoms with Gasteiger partial charge in [-0.1, -0.05) is 83.5 Å². The Balaban J connectivity index is 0.00000138. The number of ketones is 2. The molecule has 0 heterocycles. The summed E-state index contributed by atoms with van der Waals surface area (Å²) in [6.07, 6.45) is 0. The number of carbonyl (C=O) groups is 2. The van der Waals surface area contributed by atoms with Gasteiger partial charge in [0.15, 0.2) is 11.6 Å². The van der Waals surface area contributed by atoms with Gasteiger partial charge in [-0.25, -0.2) is 0 Å². The fourth-order valence-corrected chi connectivity index (χ4v) is 2.44. The van der Waals surface area contributed by atoms with Gasteiger partial charge in [-0.05, 0) is 50.2 Å². The van der Waals surface area contributed by atoms with Crippen molar-refractivity contribution in [1.29, 1.82) is 0 Å². The van der Waals surface area contributed by atoms with Crippen molar-refractivity contribution in [2.24, 2.45) is 0 Å². The van der Waals surface area contributed by atoms with Crippen LogP contribution in [0.2, 0.25) is 0 Å². The molecule has 3 aromatic carbocycles. The molecule has 0 saturated carbocycles. The summed E-state index contributed by atoms with van der Waals surface area (Å²) in [5, 5.41) is 0. The molecule has 0 atom stereocenters. The molecule has 0 aliphatic carbocycles. The first kappa shape index (κ1) is 27.8. The Morgan fingerprint density at radius 3 is 1.26 bits per heavy atom. The summed E-state index contributed by atoms with van der Waals surface area (Å²) in [5.74, 6) is 1.32. The second-order valence-electron chi connectivity index (χ2n) is 5.90. The van der Waals surface area contributed by atoms with E-state index in [9.17, 15) is 9.59 Å². The molecular formula is C28H36O3. The molecule has 0 aliphatic heterocycles. The molecule has 0 aromatic heterocycles. The van der Waals surface area contributed by atoms with Crippen LogP contribution in [0, 0.1) is 6.92 Å². The Kier molecular flexibility index (Phi) is 14.0. The third-order valence-corrected chi connectivity index (χ3v) is 3.93. The van der Waals surface area contributed by atoms with Crippen molar-refractivity contribution in [3.05, 3.63) is 95.1 Å². The number of benzene rings is 3. The standard InChI is InChI=1S/C22H18O3.3C2H6/c1-15-3-11-20(12-4-15)25-21-13-9-19(10-14-21)22(24)18-7-5-17(6-8-18)16(2)23;3*1-2/h3-14H,1-2H3;3*1-2H3. The number of hydrogen-bond acceptors (Lipinski definition) is 3. The number of Topliss-reactive ketones (excluding diaryl/α,β-unsaturated/α-hetero) is 1. The van der Waals surface area contributed by atoms with Crippen molar-refractivity contribution in [3.8, 4) is 11.5 Å². The molecule has 0 spiro atoms. The normalized spacial score (nSPS) is 8.90. The summed E-state index contributed by atoms with van der Waals surface area (Å²) in [6.45, 7) is 15.5. The first-order valence-electron chi connectivity index (χ1n) is 11.0. The molecule has 0 amide bonds. The SMILES string of the molecule is CC.CC.CC.CC(=O)c1ccc(C(=O)c2ccc(Oc3ccc(C)cc3)cc2)cc1. The van der Waals surface area contributed by atoms with Gasteiger partial charge in [-0.15, -0.1) is 0 Å². The number of ether oxygens (including phenoxy) is 1. The van der Waals surface area contributed by atoms with Crippen LogP contribution in [-0.2, 0) is 0 Å². The molecule has 3 rings (SSSR count). The van der Waals surface area contributed by atoms with E-state index in [1.165, 1.54) is 12.5 Å². The van der Waals surface area contributed by atoms with Crippen LogP contribution in [0.25, 0.3) is 0 Å². The predicted molar refractivity (Wildman–Crippen MR) is 132 cm³/mol. The number of carbonyl (C=O) groups excluding carboxylic acids is 2. The Morgan fingerprint density at radius 1 is 0.548 bits per heavy atom. The lowest BCUT2D eigenvalue weighted by atomic mass is 10.0. The zero-order chi connectivity index (χ0) is 23.8. The van der Waals surface area contributed by atoms with Gasteiger partial charge >= 0.3 is 0 Å². The summed E-state index contributed by atoms with van der Waals surface area (Å²) < 4.78 is 5.77. The number of rotatable bonds is 5. The van der Waals surface area contributed by atoms with E-state index in [4.69, 9.17) is 4.74 Å². The van der Waals surface area contributed by atoms with E-state index >= 15 is 0 Å². The van der Waals surface area contributed by atoms with Crippen LogP contribution < -0.4 is 4.74 Å². The second-order valence-corrected chi connectivity index (χ2v) is 5.90. The molecule has 3 heteroatoms. The molecule has 0 aliphatic rings. The Hall–Kier alpha value is -3.20. The van der Waals surface area contributed by atoms with E-state index in [0.29, 0.717) is 22.4 Å². The molecule has 31 heavy (non-hydrogen) atoms. The van der Waals surface area contributed by atoms with Gasteiger partial charge in [-0.2, -0.15) is 0 Å². The van der Waals surface area contributed by atoms with Gasteiger partial charge in [0.05, 0.1) is 0 Å². The van der Waals surface area contributed by atoms with Gasteiger partial charge < -0.3 is 4.74 Å². The highest BCUT2D eigenvalue weighted by Gasteiger charge is 2.10. The molecule has 0 bridgehead atoms. The van der Waals surface area contributed by atoms with E-state index < -0.39 is 0 Å². The van der Waals surface area contributed by atoms with Crippen molar-refractivity contribution in [3.63, 3.8) is 0 Å². The Morgan fingerprint density at radius 2 is 0.871 bits per heavy atom. The quantitative estimate of drug-likeness (QED) is 0.390. The smallest absolute Gasteiger partial charge is 0.193 e. The van der Waals surface area contributed by atoms with Crippen LogP contribution >= 0.6 is 0 Å². The lowest BCUT2D eigenvalue weighted by molar-refractivity contribution is 0.101. The van der Waals surface area contributed by atoms with E-state index in [1.54, 1.807) is 48.5 Å². The van der Waals surface area contributed by atoms with Gasteiger partial charge in [0.25, 0.3) is 0 Å². The molecule has 3 aromatic rings. The molecule has 166 valence electrons. The van der Waals surface area contributed by atoms with Gasteiger partial charge in [0.2, 0.25) is 0 Å². The largest absolute Gasteiger partial charge is 0.457 e. The average molecular weight is 421 g/mol. The molecule has 0 saturated heterocycles. The topological polar surface area (TPSA) is 43.4 Å². The first-order chi connectivity index (χ1) is 15.0. The molecule has 3 nitrogen and oxygen atoms in total. The van der Waals surface area contributed by atoms with E-state index in [2.05, 4.69) is 0 Å². The lowest BCUT2D eigenvalue weighted by Gasteiger charge is -2.07. The Labute approximate surface area is 188 Å². The summed E-state index contributed by atoms with van der Waals surface area (Å²) in [5.41, 5.74) is 2.89. The van der Waals surface area contributed by atoms with Crippen molar-refractivity contribution >= 4 is 11.6 Å². The highest BCUT2D eigenvalue weighted by Crippen LogP contribution is 2.23. The molecule has 0 fully saturated rings. The molecule has 0 N–H and O–H groups in total. The van der Waals surface area contributed by atoms with Crippen LogP contribution in [-0.4, -0.2) is 11.6 Å². The maximum atomic E-state index is 12.5. The first-order valence-corrected chi connectivity index (χ1v) is 11.0. The van der Waals surface area contributed by atoms with E-state index in [0.717, 1.165) is 5.75 Å². The van der Waals surface area contributed by atoms with Crippen LogP contribution in [0.3, 0.4) is 0 Å². The lowest BCUT2D eigenvalue weighted by Crippen LogP contribution is -2.02. The monoisotopic (exact) mass is 420 g/mol. The summed E-state index contributed by atoms with van der Waals surface area (Å²) >= 11 is 0. The minimum absolute atomic E-state index is 0.0170. The fraction of sp³-hybridized carbons (Fsp3) is 0.286. The van der Waals surface area contributed by atoms with E-state index in [1.807, 2.05) is 72.7 Å². The average Bonchev–Trinajstić information content (AvgIpc) is 2.84. The maximum absolute atomic E-state index is 12.5. The van der Waals surface area contributed by atoms with Crippen LogP contribution in [0.1, 0.15) is 80.3 Å².